The highest BCUT2D eigenvalue weighted by atomic mass is 16.5. The summed E-state index contributed by atoms with van der Waals surface area (Å²) < 4.78 is 19.7. The number of fused-ring (bicyclic) bond motifs is 4. The minimum atomic E-state index is -0.160. The quantitative estimate of drug-likeness (QED) is 0.347. The molecule has 3 N–H and O–H groups in total. The molecular weight excluding hydrogens is 464 g/mol. The van der Waals surface area contributed by atoms with Gasteiger partial charge in [-0.25, -0.2) is 9.67 Å². The summed E-state index contributed by atoms with van der Waals surface area (Å²) >= 11 is 0. The second kappa shape index (κ2) is 8.81. The lowest BCUT2D eigenvalue weighted by atomic mass is 9.92. The van der Waals surface area contributed by atoms with Gasteiger partial charge in [-0.1, -0.05) is 0 Å². The first-order chi connectivity index (χ1) is 17.6. The normalized spacial score (nSPS) is 16.0. The van der Waals surface area contributed by atoms with Crippen molar-refractivity contribution in [2.24, 2.45) is 0 Å². The summed E-state index contributed by atoms with van der Waals surface area (Å²) in [5.41, 5.74) is 9.61. The van der Waals surface area contributed by atoms with Gasteiger partial charge in [0.25, 0.3) is 0 Å². The van der Waals surface area contributed by atoms with Gasteiger partial charge < -0.3 is 24.7 Å². The molecule has 1 aromatic carbocycles. The molecule has 5 aromatic rings. The first-order valence-corrected chi connectivity index (χ1v) is 11.6. The highest BCUT2D eigenvalue weighted by molar-refractivity contribution is 5.90. The van der Waals surface area contributed by atoms with Crippen LogP contribution in [0.2, 0.25) is 0 Å². The number of hydrogen-bond acceptors (Lipinski definition) is 10. The van der Waals surface area contributed by atoms with Crippen molar-refractivity contribution < 1.29 is 19.0 Å². The smallest absolute Gasteiger partial charge is 0.225 e. The third-order valence-corrected chi connectivity index (χ3v) is 6.72. The summed E-state index contributed by atoms with van der Waals surface area (Å²) in [5.74, 6) is 2.54. The summed E-state index contributed by atoms with van der Waals surface area (Å²) in [6.45, 7) is 2.00. The van der Waals surface area contributed by atoms with Crippen LogP contribution in [0.15, 0.2) is 41.1 Å². The van der Waals surface area contributed by atoms with Crippen molar-refractivity contribution in [2.45, 2.75) is 19.0 Å². The molecule has 12 nitrogen and oxygen atoms in total. The predicted octanol–water partition coefficient (Wildman–Crippen LogP) is 1.93. The number of nitrogens with zero attached hydrogens (tertiary/aromatic N) is 7. The maximum atomic E-state index is 10.3. The molecule has 0 radical (unpaired) electrons. The van der Waals surface area contributed by atoms with Crippen LogP contribution in [0.3, 0.4) is 0 Å². The molecule has 0 saturated carbocycles. The van der Waals surface area contributed by atoms with Gasteiger partial charge in [-0.15, -0.1) is 5.10 Å². The average molecular weight is 491 g/mol. The van der Waals surface area contributed by atoms with Gasteiger partial charge >= 0.3 is 0 Å². The number of methoxy groups -OCH3 is 2. The number of aromatic nitrogens is 6. The maximum absolute atomic E-state index is 10.3. The topological polar surface area (TPSA) is 142 Å². The van der Waals surface area contributed by atoms with Crippen LogP contribution in [0.25, 0.3) is 28.3 Å². The summed E-state index contributed by atoms with van der Waals surface area (Å²) in [6, 6.07) is 7.38. The highest BCUT2D eigenvalue weighted by Crippen LogP contribution is 2.38. The van der Waals surface area contributed by atoms with E-state index in [1.807, 2.05) is 16.8 Å². The largest absolute Gasteiger partial charge is 0.493 e. The van der Waals surface area contributed by atoms with Crippen molar-refractivity contribution in [3.63, 3.8) is 0 Å². The van der Waals surface area contributed by atoms with Crippen molar-refractivity contribution in [2.75, 3.05) is 39.6 Å². The van der Waals surface area contributed by atoms with Crippen LogP contribution in [0, 0.1) is 0 Å². The number of nitrogen functional groups attached to an aromatic ring is 1. The average Bonchev–Trinajstić information content (AvgIpc) is 3.66. The highest BCUT2D eigenvalue weighted by Gasteiger charge is 2.29. The molecule has 0 aliphatic carbocycles. The van der Waals surface area contributed by atoms with Crippen molar-refractivity contribution in [1.82, 2.24) is 34.3 Å². The first kappa shape index (κ1) is 22.3. The zero-order valence-electron chi connectivity index (χ0n) is 20.0. The van der Waals surface area contributed by atoms with Crippen molar-refractivity contribution in [3.8, 4) is 23.1 Å². The Hall–Kier alpha value is -4.16. The Morgan fingerprint density at radius 3 is 2.72 bits per heavy atom. The lowest BCUT2D eigenvalue weighted by Crippen LogP contribution is -2.39. The van der Waals surface area contributed by atoms with E-state index in [4.69, 9.17) is 19.6 Å². The van der Waals surface area contributed by atoms with E-state index in [1.165, 1.54) is 4.52 Å². The minimum absolute atomic E-state index is 0.0105. The Labute approximate surface area is 205 Å². The second-order valence-electron chi connectivity index (χ2n) is 8.61. The van der Waals surface area contributed by atoms with Gasteiger partial charge in [0.05, 0.1) is 51.3 Å². The number of aliphatic hydroxyl groups is 1. The third kappa shape index (κ3) is 3.53. The van der Waals surface area contributed by atoms with Crippen molar-refractivity contribution in [1.29, 1.82) is 0 Å². The number of nitrogens with two attached hydrogens (primary N) is 1. The summed E-state index contributed by atoms with van der Waals surface area (Å²) in [4.78, 5) is 11.4. The van der Waals surface area contributed by atoms with Gasteiger partial charge in [0, 0.05) is 13.1 Å². The number of aliphatic hydroxyl groups excluding tert-OH is 1. The monoisotopic (exact) mass is 490 g/mol. The standard InChI is InChI=1S/C24H26N8O4/c1-34-19-10-14-5-6-30(17(13-33)15(14)11-20(19)35-2)7-8-31-22-16(12-26-31)23-27-21(18-4-3-9-36-18)29-32(23)24(25)28-22/h3-4,9-12,17,33H,5-8,13H2,1-2H3,(H2,25,28). The molecule has 0 spiro atoms. The summed E-state index contributed by atoms with van der Waals surface area (Å²) in [6.07, 6.45) is 4.14. The van der Waals surface area contributed by atoms with Crippen LogP contribution in [0.1, 0.15) is 17.2 Å². The molecule has 0 saturated heterocycles. The van der Waals surface area contributed by atoms with E-state index in [2.05, 4.69) is 25.1 Å². The molecule has 1 atom stereocenters. The van der Waals surface area contributed by atoms with E-state index in [1.54, 1.807) is 38.8 Å². The fraction of sp³-hybridized carbons (Fsp3) is 0.333. The molecule has 4 aromatic heterocycles. The number of ether oxygens (including phenoxy) is 2. The van der Waals surface area contributed by atoms with Crippen molar-refractivity contribution in [3.05, 3.63) is 47.9 Å². The lowest BCUT2D eigenvalue weighted by molar-refractivity contribution is 0.110. The van der Waals surface area contributed by atoms with Crippen LogP contribution in [0.5, 0.6) is 11.5 Å². The summed E-state index contributed by atoms with van der Waals surface area (Å²) in [7, 11) is 3.24. The first-order valence-electron chi connectivity index (χ1n) is 11.6. The molecule has 1 aliphatic rings. The van der Waals surface area contributed by atoms with Gasteiger partial charge in [0.15, 0.2) is 28.6 Å². The Morgan fingerprint density at radius 2 is 1.97 bits per heavy atom. The molecule has 0 amide bonds. The number of hydrogen-bond donors (Lipinski definition) is 2. The van der Waals surface area contributed by atoms with E-state index in [0.29, 0.717) is 47.5 Å². The van der Waals surface area contributed by atoms with E-state index in [-0.39, 0.29) is 18.6 Å². The Bertz CT molecular complexity index is 1540. The number of benzene rings is 1. The second-order valence-corrected chi connectivity index (χ2v) is 8.61. The van der Waals surface area contributed by atoms with Crippen LogP contribution in [-0.4, -0.2) is 73.3 Å². The Balaban J connectivity index is 1.28. The molecule has 0 fully saturated rings. The van der Waals surface area contributed by atoms with Crippen LogP contribution in [0.4, 0.5) is 5.95 Å². The van der Waals surface area contributed by atoms with Gasteiger partial charge in [0.2, 0.25) is 11.8 Å². The van der Waals surface area contributed by atoms with Crippen LogP contribution < -0.4 is 15.2 Å². The van der Waals surface area contributed by atoms with Crippen LogP contribution in [-0.2, 0) is 13.0 Å². The molecule has 1 unspecified atom stereocenters. The van der Waals surface area contributed by atoms with E-state index in [0.717, 1.165) is 29.5 Å². The molecule has 36 heavy (non-hydrogen) atoms. The Kier molecular flexibility index (Phi) is 5.46. The molecule has 12 heteroatoms. The molecule has 1 aliphatic heterocycles. The molecule has 186 valence electrons. The third-order valence-electron chi connectivity index (χ3n) is 6.72. The maximum Gasteiger partial charge on any atom is 0.225 e. The molecular formula is C24H26N8O4. The minimum Gasteiger partial charge on any atom is -0.493 e. The van der Waals surface area contributed by atoms with Crippen molar-refractivity contribution >= 4 is 22.6 Å². The van der Waals surface area contributed by atoms with Crippen LogP contribution >= 0.6 is 0 Å². The number of rotatable bonds is 7. The SMILES string of the molecule is COc1cc2c(cc1OC)C(CO)N(CCn1ncc3c1nc(N)n1nc(-c4ccco4)nc31)CC2. The number of anilines is 1. The number of furan rings is 1. The van der Waals surface area contributed by atoms with Gasteiger partial charge in [-0.3, -0.25) is 4.90 Å². The molecule has 6 rings (SSSR count). The Morgan fingerprint density at radius 1 is 1.14 bits per heavy atom. The zero-order chi connectivity index (χ0) is 24.8. The van der Waals surface area contributed by atoms with E-state index >= 15 is 0 Å². The molecule has 0 bridgehead atoms. The van der Waals surface area contributed by atoms with Gasteiger partial charge in [-0.2, -0.15) is 14.6 Å². The van der Waals surface area contributed by atoms with E-state index < -0.39 is 0 Å². The fourth-order valence-electron chi connectivity index (χ4n) is 4.92. The van der Waals surface area contributed by atoms with E-state index in [9.17, 15) is 5.11 Å². The van der Waals surface area contributed by atoms with Gasteiger partial charge in [-0.05, 0) is 41.8 Å². The zero-order valence-corrected chi connectivity index (χ0v) is 20.0. The molecule has 5 heterocycles. The fourth-order valence-corrected chi connectivity index (χ4v) is 4.92. The lowest BCUT2D eigenvalue weighted by Gasteiger charge is -2.36. The summed E-state index contributed by atoms with van der Waals surface area (Å²) in [5, 5.41) is 20.0. The van der Waals surface area contributed by atoms with Gasteiger partial charge in [0.1, 0.15) is 0 Å². The predicted molar refractivity (Wildman–Crippen MR) is 131 cm³/mol.